The van der Waals surface area contributed by atoms with Crippen LogP contribution in [0.15, 0.2) is 41.3 Å². The van der Waals surface area contributed by atoms with Gasteiger partial charge in [-0.2, -0.15) is 4.31 Å². The molecule has 0 radical (unpaired) electrons. The third-order valence-corrected chi connectivity index (χ3v) is 6.37. The van der Waals surface area contributed by atoms with Crippen molar-refractivity contribution in [1.82, 2.24) is 4.31 Å². The van der Waals surface area contributed by atoms with E-state index in [2.05, 4.69) is 10.6 Å². The number of carbonyl (C=O) groups is 1. The standard InChI is InChI=1S/C20H25F2N3O3S/c1-4-11-23-18-10-8-15(29(27,28)25(5-2)6-3)13-19(18)24-20(26)16-9-7-14(21)12-17(16)22/h7-10,12-13,23H,4-6,11H2,1-3H3,(H,24,26). The number of benzene rings is 2. The van der Waals surface area contributed by atoms with Gasteiger partial charge in [0, 0.05) is 25.7 Å². The number of anilines is 2. The third kappa shape index (κ3) is 5.30. The molecule has 9 heteroatoms. The van der Waals surface area contributed by atoms with Crippen molar-refractivity contribution >= 4 is 27.3 Å². The number of carbonyl (C=O) groups excluding carboxylic acids is 1. The molecule has 2 aromatic carbocycles. The fraction of sp³-hybridized carbons (Fsp3) is 0.350. The zero-order valence-electron chi connectivity index (χ0n) is 16.6. The van der Waals surface area contributed by atoms with Crippen molar-refractivity contribution in [3.05, 3.63) is 53.6 Å². The quantitative estimate of drug-likeness (QED) is 0.635. The van der Waals surface area contributed by atoms with Crippen molar-refractivity contribution in [2.45, 2.75) is 32.1 Å². The maximum Gasteiger partial charge on any atom is 0.258 e. The minimum Gasteiger partial charge on any atom is -0.383 e. The van der Waals surface area contributed by atoms with Gasteiger partial charge in [-0.25, -0.2) is 17.2 Å². The van der Waals surface area contributed by atoms with Crippen LogP contribution < -0.4 is 10.6 Å². The maximum atomic E-state index is 14.0. The van der Waals surface area contributed by atoms with Crippen molar-refractivity contribution in [2.75, 3.05) is 30.3 Å². The lowest BCUT2D eigenvalue weighted by Crippen LogP contribution is -2.30. The molecular weight excluding hydrogens is 400 g/mol. The second kappa shape index (κ2) is 9.80. The van der Waals surface area contributed by atoms with E-state index in [9.17, 15) is 22.0 Å². The minimum absolute atomic E-state index is 0.0122. The fourth-order valence-corrected chi connectivity index (χ4v) is 4.26. The molecule has 0 saturated carbocycles. The summed E-state index contributed by atoms with van der Waals surface area (Å²) in [4.78, 5) is 12.5. The Hall–Kier alpha value is -2.52. The summed E-state index contributed by atoms with van der Waals surface area (Å²) in [6.45, 7) is 6.62. The van der Waals surface area contributed by atoms with Crippen LogP contribution in [0.4, 0.5) is 20.2 Å². The Morgan fingerprint density at radius 2 is 1.69 bits per heavy atom. The Morgan fingerprint density at radius 3 is 2.28 bits per heavy atom. The van der Waals surface area contributed by atoms with Crippen LogP contribution in [0.5, 0.6) is 0 Å². The van der Waals surface area contributed by atoms with Gasteiger partial charge < -0.3 is 10.6 Å². The Morgan fingerprint density at radius 1 is 1.00 bits per heavy atom. The Labute approximate surface area is 170 Å². The first-order valence-electron chi connectivity index (χ1n) is 9.39. The zero-order valence-corrected chi connectivity index (χ0v) is 17.4. The average molecular weight is 426 g/mol. The van der Waals surface area contributed by atoms with Gasteiger partial charge in [-0.05, 0) is 36.8 Å². The summed E-state index contributed by atoms with van der Waals surface area (Å²) in [7, 11) is -3.74. The summed E-state index contributed by atoms with van der Waals surface area (Å²) < 4.78 is 54.0. The van der Waals surface area contributed by atoms with Crippen LogP contribution >= 0.6 is 0 Å². The molecule has 0 aliphatic heterocycles. The predicted octanol–water partition coefficient (Wildman–Crippen LogP) is 4.07. The molecular formula is C20H25F2N3O3S. The third-order valence-electron chi connectivity index (χ3n) is 4.32. The van der Waals surface area contributed by atoms with E-state index in [0.29, 0.717) is 31.4 Å². The molecule has 0 saturated heterocycles. The first-order chi connectivity index (χ1) is 13.7. The number of amides is 1. The van der Waals surface area contributed by atoms with Crippen LogP contribution in [-0.2, 0) is 10.0 Å². The molecule has 1 amide bonds. The second-order valence-electron chi connectivity index (χ2n) is 6.30. The SMILES string of the molecule is CCCNc1ccc(S(=O)(=O)N(CC)CC)cc1NC(=O)c1ccc(F)cc1F. The summed E-state index contributed by atoms with van der Waals surface area (Å²) in [5, 5.41) is 5.64. The van der Waals surface area contributed by atoms with Gasteiger partial charge >= 0.3 is 0 Å². The van der Waals surface area contributed by atoms with E-state index in [1.54, 1.807) is 19.9 Å². The normalized spacial score (nSPS) is 11.5. The van der Waals surface area contributed by atoms with Gasteiger partial charge in [0.05, 0.1) is 21.8 Å². The molecule has 0 aromatic heterocycles. The van der Waals surface area contributed by atoms with Crippen molar-refractivity contribution < 1.29 is 22.0 Å². The monoisotopic (exact) mass is 425 g/mol. The Balaban J connectivity index is 2.45. The number of sulfonamides is 1. The molecule has 0 atom stereocenters. The van der Waals surface area contributed by atoms with Crippen LogP contribution in [0, 0.1) is 11.6 Å². The van der Waals surface area contributed by atoms with Gasteiger partial charge in [0.15, 0.2) is 0 Å². The van der Waals surface area contributed by atoms with Crippen LogP contribution in [0.1, 0.15) is 37.6 Å². The highest BCUT2D eigenvalue weighted by Gasteiger charge is 2.23. The smallest absolute Gasteiger partial charge is 0.258 e. The zero-order chi connectivity index (χ0) is 21.6. The number of rotatable bonds is 9. The number of nitrogens with one attached hydrogen (secondary N) is 2. The van der Waals surface area contributed by atoms with Crippen molar-refractivity contribution in [3.8, 4) is 0 Å². The van der Waals surface area contributed by atoms with E-state index < -0.39 is 27.6 Å². The van der Waals surface area contributed by atoms with E-state index in [-0.39, 0.29) is 16.1 Å². The van der Waals surface area contributed by atoms with Crippen molar-refractivity contribution in [2.24, 2.45) is 0 Å². The second-order valence-corrected chi connectivity index (χ2v) is 8.24. The van der Waals surface area contributed by atoms with Gasteiger partial charge in [0.25, 0.3) is 5.91 Å². The van der Waals surface area contributed by atoms with Crippen LogP contribution in [0.2, 0.25) is 0 Å². The molecule has 2 N–H and O–H groups in total. The van der Waals surface area contributed by atoms with Gasteiger partial charge in [-0.1, -0.05) is 20.8 Å². The summed E-state index contributed by atoms with van der Waals surface area (Å²) in [6, 6.07) is 6.99. The molecule has 0 heterocycles. The van der Waals surface area contributed by atoms with Crippen molar-refractivity contribution in [3.63, 3.8) is 0 Å². The molecule has 2 aromatic rings. The number of nitrogens with zero attached hydrogens (tertiary/aromatic N) is 1. The lowest BCUT2D eigenvalue weighted by atomic mass is 10.1. The predicted molar refractivity (Wildman–Crippen MR) is 110 cm³/mol. The lowest BCUT2D eigenvalue weighted by Gasteiger charge is -2.20. The molecule has 0 aliphatic rings. The molecule has 0 unspecified atom stereocenters. The van der Waals surface area contributed by atoms with E-state index in [1.165, 1.54) is 16.4 Å². The van der Waals surface area contributed by atoms with E-state index in [0.717, 1.165) is 18.6 Å². The highest BCUT2D eigenvalue weighted by molar-refractivity contribution is 7.89. The van der Waals surface area contributed by atoms with Gasteiger partial charge in [0.2, 0.25) is 10.0 Å². The van der Waals surface area contributed by atoms with E-state index in [1.807, 2.05) is 6.92 Å². The van der Waals surface area contributed by atoms with Gasteiger partial charge in [-0.3, -0.25) is 4.79 Å². The number of halogens is 2. The first kappa shape index (κ1) is 22.8. The first-order valence-corrected chi connectivity index (χ1v) is 10.8. The minimum atomic E-state index is -3.74. The fourth-order valence-electron chi connectivity index (χ4n) is 2.78. The van der Waals surface area contributed by atoms with Crippen LogP contribution in [-0.4, -0.2) is 38.3 Å². The largest absolute Gasteiger partial charge is 0.383 e. The number of hydrogen-bond acceptors (Lipinski definition) is 4. The molecule has 0 fully saturated rings. The van der Waals surface area contributed by atoms with Crippen LogP contribution in [0.25, 0.3) is 0 Å². The number of hydrogen-bond donors (Lipinski definition) is 2. The average Bonchev–Trinajstić information content (AvgIpc) is 2.67. The van der Waals surface area contributed by atoms with E-state index >= 15 is 0 Å². The summed E-state index contributed by atoms with van der Waals surface area (Å²) in [5.41, 5.74) is 0.353. The van der Waals surface area contributed by atoms with Gasteiger partial charge in [-0.15, -0.1) is 0 Å². The van der Waals surface area contributed by atoms with Gasteiger partial charge in [0.1, 0.15) is 11.6 Å². The van der Waals surface area contributed by atoms with Crippen LogP contribution in [0.3, 0.4) is 0 Å². The molecule has 29 heavy (non-hydrogen) atoms. The van der Waals surface area contributed by atoms with E-state index in [4.69, 9.17) is 0 Å². The summed E-state index contributed by atoms with van der Waals surface area (Å²) in [6.07, 6.45) is 0.805. The summed E-state index contributed by atoms with van der Waals surface area (Å²) in [5.74, 6) is -2.60. The molecule has 0 spiro atoms. The topological polar surface area (TPSA) is 78.5 Å². The maximum absolute atomic E-state index is 14.0. The van der Waals surface area contributed by atoms with Crippen molar-refractivity contribution in [1.29, 1.82) is 0 Å². The highest BCUT2D eigenvalue weighted by Crippen LogP contribution is 2.28. The Kier molecular flexibility index (Phi) is 7.69. The summed E-state index contributed by atoms with van der Waals surface area (Å²) >= 11 is 0. The molecule has 2 rings (SSSR count). The lowest BCUT2D eigenvalue weighted by molar-refractivity contribution is 0.102. The molecule has 158 valence electrons. The Bertz CT molecular complexity index is 977. The molecule has 0 aliphatic carbocycles. The highest BCUT2D eigenvalue weighted by atomic mass is 32.2. The molecule has 0 bridgehead atoms. The molecule has 6 nitrogen and oxygen atoms in total.